The van der Waals surface area contributed by atoms with Gasteiger partial charge in [0, 0.05) is 37.8 Å². The minimum atomic E-state index is -0.588. The van der Waals surface area contributed by atoms with Crippen LogP contribution in [0.5, 0.6) is 5.75 Å². The van der Waals surface area contributed by atoms with Gasteiger partial charge in [0.25, 0.3) is 11.8 Å². The summed E-state index contributed by atoms with van der Waals surface area (Å²) in [7, 11) is 0. The monoisotopic (exact) mass is 380 g/mol. The summed E-state index contributed by atoms with van der Waals surface area (Å²) in [6.45, 7) is 6.42. The lowest BCUT2D eigenvalue weighted by Gasteiger charge is -2.36. The highest BCUT2D eigenvalue weighted by atomic mass is 35.5. The molecule has 0 saturated carbocycles. The Kier molecular flexibility index (Phi) is 6.04. The largest absolute Gasteiger partial charge is 0.481 e. The Hall–Kier alpha value is -1.79. The maximum atomic E-state index is 12.7. The molecule has 2 aliphatic rings. The van der Waals surface area contributed by atoms with E-state index in [1.807, 2.05) is 13.0 Å². The normalized spacial score (nSPS) is 21.6. The van der Waals surface area contributed by atoms with E-state index in [0.29, 0.717) is 43.6 Å². The highest BCUT2D eigenvalue weighted by Gasteiger charge is 2.32. The Morgan fingerprint density at radius 2 is 1.92 bits per heavy atom. The number of hydrogen-bond acceptors (Lipinski definition) is 4. The van der Waals surface area contributed by atoms with Gasteiger partial charge in [-0.1, -0.05) is 11.6 Å². The van der Waals surface area contributed by atoms with Crippen LogP contribution in [0, 0.1) is 6.92 Å². The number of piperazine rings is 1. The number of rotatable bonds is 4. The van der Waals surface area contributed by atoms with Gasteiger partial charge in [0.05, 0.1) is 0 Å². The Morgan fingerprint density at radius 3 is 2.54 bits per heavy atom. The molecule has 0 aromatic heterocycles. The zero-order valence-electron chi connectivity index (χ0n) is 15.2. The quantitative estimate of drug-likeness (QED) is 0.804. The Balaban J connectivity index is 1.51. The maximum Gasteiger partial charge on any atom is 0.263 e. The van der Waals surface area contributed by atoms with E-state index < -0.39 is 6.10 Å². The number of benzene rings is 1. The zero-order valence-corrected chi connectivity index (χ0v) is 16.0. The molecule has 1 aromatic rings. The van der Waals surface area contributed by atoms with Crippen molar-refractivity contribution in [2.75, 3.05) is 32.8 Å². The summed E-state index contributed by atoms with van der Waals surface area (Å²) in [4.78, 5) is 28.6. The Bertz CT molecular complexity index is 668. The first kappa shape index (κ1) is 19.0. The molecule has 3 rings (SSSR count). The fourth-order valence-electron chi connectivity index (χ4n) is 3.37. The third-order valence-electron chi connectivity index (χ3n) is 4.90. The highest BCUT2D eigenvalue weighted by Crippen LogP contribution is 2.23. The molecule has 26 heavy (non-hydrogen) atoms. The van der Waals surface area contributed by atoms with Gasteiger partial charge in [-0.2, -0.15) is 0 Å². The van der Waals surface area contributed by atoms with Crippen LogP contribution in [0.25, 0.3) is 0 Å². The van der Waals surface area contributed by atoms with E-state index in [-0.39, 0.29) is 17.9 Å². The van der Waals surface area contributed by atoms with Crippen molar-refractivity contribution in [2.24, 2.45) is 0 Å². The molecule has 2 fully saturated rings. The van der Waals surface area contributed by atoms with E-state index in [1.165, 1.54) is 0 Å². The fraction of sp³-hybridized carbons (Fsp3) is 0.579. The molecule has 0 N–H and O–H groups in total. The molecule has 7 heteroatoms. The van der Waals surface area contributed by atoms with Gasteiger partial charge in [0.1, 0.15) is 11.9 Å². The van der Waals surface area contributed by atoms with Gasteiger partial charge in [0.2, 0.25) is 0 Å². The number of aryl methyl sites for hydroxylation is 1. The molecule has 2 aliphatic heterocycles. The molecule has 2 unspecified atom stereocenters. The minimum Gasteiger partial charge on any atom is -0.481 e. The number of carbonyl (C=O) groups excluding carboxylic acids is 2. The second-order valence-electron chi connectivity index (χ2n) is 6.82. The van der Waals surface area contributed by atoms with Crippen molar-refractivity contribution in [3.63, 3.8) is 0 Å². The topological polar surface area (TPSA) is 59.1 Å². The van der Waals surface area contributed by atoms with Crippen molar-refractivity contribution in [1.29, 1.82) is 0 Å². The van der Waals surface area contributed by atoms with Gasteiger partial charge in [-0.05, 0) is 50.5 Å². The summed E-state index contributed by atoms with van der Waals surface area (Å²) in [5.74, 6) is 0.640. The first-order valence-electron chi connectivity index (χ1n) is 9.07. The van der Waals surface area contributed by atoms with E-state index in [4.69, 9.17) is 21.1 Å². The lowest BCUT2D eigenvalue weighted by molar-refractivity contribution is -0.148. The van der Waals surface area contributed by atoms with Gasteiger partial charge in [-0.3, -0.25) is 9.59 Å². The van der Waals surface area contributed by atoms with Crippen LogP contribution >= 0.6 is 11.6 Å². The average Bonchev–Trinajstić information content (AvgIpc) is 3.17. The highest BCUT2D eigenvalue weighted by molar-refractivity contribution is 6.30. The Labute approximate surface area is 159 Å². The number of amides is 2. The molecule has 1 aromatic carbocycles. The van der Waals surface area contributed by atoms with Gasteiger partial charge in [-0.15, -0.1) is 0 Å². The number of nitrogens with zero attached hydrogens (tertiary/aromatic N) is 2. The predicted molar refractivity (Wildman–Crippen MR) is 98.4 cm³/mol. The van der Waals surface area contributed by atoms with E-state index in [0.717, 1.165) is 18.4 Å². The number of halogens is 1. The van der Waals surface area contributed by atoms with Crippen molar-refractivity contribution < 1.29 is 19.1 Å². The number of carbonyl (C=O) groups is 2. The Morgan fingerprint density at radius 1 is 1.23 bits per heavy atom. The van der Waals surface area contributed by atoms with E-state index >= 15 is 0 Å². The smallest absolute Gasteiger partial charge is 0.263 e. The van der Waals surface area contributed by atoms with Gasteiger partial charge in [-0.25, -0.2) is 0 Å². The van der Waals surface area contributed by atoms with Crippen LogP contribution in [0.15, 0.2) is 18.2 Å². The lowest BCUT2D eigenvalue weighted by Crippen LogP contribution is -2.54. The summed E-state index contributed by atoms with van der Waals surface area (Å²) in [6.07, 6.45) is 0.847. The van der Waals surface area contributed by atoms with Crippen molar-refractivity contribution in [2.45, 2.75) is 38.9 Å². The molecular formula is C19H25ClN2O4. The lowest BCUT2D eigenvalue weighted by atomic mass is 10.2. The molecule has 0 aliphatic carbocycles. The summed E-state index contributed by atoms with van der Waals surface area (Å²) in [5, 5.41) is 0.640. The molecule has 0 radical (unpaired) electrons. The molecule has 6 nitrogen and oxygen atoms in total. The first-order chi connectivity index (χ1) is 12.5. The van der Waals surface area contributed by atoms with Crippen molar-refractivity contribution in [1.82, 2.24) is 9.80 Å². The van der Waals surface area contributed by atoms with Gasteiger partial charge >= 0.3 is 0 Å². The third kappa shape index (κ3) is 4.30. The van der Waals surface area contributed by atoms with Crippen LogP contribution in [0.4, 0.5) is 0 Å². The molecular weight excluding hydrogens is 356 g/mol. The van der Waals surface area contributed by atoms with Gasteiger partial charge in [0.15, 0.2) is 6.10 Å². The molecule has 142 valence electrons. The van der Waals surface area contributed by atoms with Crippen LogP contribution in [0.1, 0.15) is 25.3 Å². The van der Waals surface area contributed by atoms with Gasteiger partial charge < -0.3 is 19.3 Å². The van der Waals surface area contributed by atoms with Crippen LogP contribution in [0.3, 0.4) is 0 Å². The van der Waals surface area contributed by atoms with E-state index in [2.05, 4.69) is 0 Å². The molecule has 0 bridgehead atoms. The minimum absolute atomic E-state index is 0.0516. The third-order valence-corrected chi connectivity index (χ3v) is 5.13. The van der Waals surface area contributed by atoms with E-state index in [9.17, 15) is 9.59 Å². The number of hydrogen-bond donors (Lipinski definition) is 0. The van der Waals surface area contributed by atoms with E-state index in [1.54, 1.807) is 28.9 Å². The molecule has 0 spiro atoms. The molecule has 2 amide bonds. The summed E-state index contributed by atoms with van der Waals surface area (Å²) < 4.78 is 11.3. The number of ether oxygens (including phenoxy) is 2. The second-order valence-corrected chi connectivity index (χ2v) is 7.26. The summed E-state index contributed by atoms with van der Waals surface area (Å²) in [6, 6.07) is 5.33. The summed E-state index contributed by atoms with van der Waals surface area (Å²) in [5.41, 5.74) is 0.893. The molecule has 2 heterocycles. The standard InChI is InChI=1S/C19H25ClN2O4/c1-13-12-15(20)5-6-16(13)26-14(2)18(23)21-7-9-22(10-8-21)19(24)17-4-3-11-25-17/h5-6,12,14,17H,3-4,7-11H2,1-2H3. The first-order valence-corrected chi connectivity index (χ1v) is 9.45. The van der Waals surface area contributed by atoms with Crippen LogP contribution < -0.4 is 4.74 Å². The zero-order chi connectivity index (χ0) is 18.7. The average molecular weight is 381 g/mol. The van der Waals surface area contributed by atoms with Crippen molar-refractivity contribution in [3.05, 3.63) is 28.8 Å². The molecule has 2 saturated heterocycles. The fourth-order valence-corrected chi connectivity index (χ4v) is 3.59. The van der Waals surface area contributed by atoms with Crippen LogP contribution in [-0.4, -0.2) is 66.6 Å². The molecule has 2 atom stereocenters. The van der Waals surface area contributed by atoms with Crippen LogP contribution in [0.2, 0.25) is 5.02 Å². The van der Waals surface area contributed by atoms with Crippen LogP contribution in [-0.2, 0) is 14.3 Å². The summed E-state index contributed by atoms with van der Waals surface area (Å²) >= 11 is 5.95. The maximum absolute atomic E-state index is 12.7. The van der Waals surface area contributed by atoms with Crippen molar-refractivity contribution in [3.8, 4) is 5.75 Å². The SMILES string of the molecule is Cc1cc(Cl)ccc1OC(C)C(=O)N1CCN(C(=O)C2CCCO2)CC1. The predicted octanol–water partition coefficient (Wildman–Crippen LogP) is 2.27. The van der Waals surface area contributed by atoms with Crippen molar-refractivity contribution >= 4 is 23.4 Å². The second kappa shape index (κ2) is 8.27.